The number of nitrogens with two attached hydrogens (primary N) is 1. The summed E-state index contributed by atoms with van der Waals surface area (Å²) in [4.78, 5) is 12.9. The zero-order valence-electron chi connectivity index (χ0n) is 9.53. The van der Waals surface area contributed by atoms with Crippen LogP contribution in [0.3, 0.4) is 0 Å². The Labute approximate surface area is 99.6 Å². The van der Waals surface area contributed by atoms with Crippen LogP contribution in [0.1, 0.15) is 12.8 Å². The van der Waals surface area contributed by atoms with E-state index in [2.05, 4.69) is 5.32 Å². The topological polar surface area (TPSA) is 58.4 Å². The van der Waals surface area contributed by atoms with E-state index in [1.165, 1.54) is 11.0 Å². The van der Waals surface area contributed by atoms with Gasteiger partial charge in [0.2, 0.25) is 0 Å². The standard InChI is InChI=1S/C12H16FN3O/c13-10-3-1-2-4-11(10)16(12(14)17)9-5-7-15-8-6-9/h1-4,9,15H,5-8H2,(H2,14,17). The molecule has 0 atom stereocenters. The van der Waals surface area contributed by atoms with Crippen molar-refractivity contribution in [3.05, 3.63) is 30.1 Å². The van der Waals surface area contributed by atoms with E-state index in [1.807, 2.05) is 0 Å². The number of hydrogen-bond donors (Lipinski definition) is 2. The number of anilines is 1. The van der Waals surface area contributed by atoms with Gasteiger partial charge >= 0.3 is 6.03 Å². The number of rotatable bonds is 2. The Morgan fingerprint density at radius 2 is 2.00 bits per heavy atom. The lowest BCUT2D eigenvalue weighted by atomic mass is 10.0. The van der Waals surface area contributed by atoms with Crippen molar-refractivity contribution in [2.45, 2.75) is 18.9 Å². The second-order valence-corrected chi connectivity index (χ2v) is 4.14. The van der Waals surface area contributed by atoms with Crippen molar-refractivity contribution in [1.82, 2.24) is 5.32 Å². The molecule has 0 radical (unpaired) electrons. The van der Waals surface area contributed by atoms with Gasteiger partial charge in [0.1, 0.15) is 5.82 Å². The van der Waals surface area contributed by atoms with Crippen LogP contribution >= 0.6 is 0 Å². The van der Waals surface area contributed by atoms with Crippen molar-refractivity contribution >= 4 is 11.7 Å². The molecule has 0 aliphatic carbocycles. The van der Waals surface area contributed by atoms with Gasteiger partial charge in [-0.05, 0) is 38.1 Å². The van der Waals surface area contributed by atoms with E-state index < -0.39 is 11.8 Å². The fourth-order valence-corrected chi connectivity index (χ4v) is 2.21. The summed E-state index contributed by atoms with van der Waals surface area (Å²) < 4.78 is 13.7. The van der Waals surface area contributed by atoms with Gasteiger partial charge in [-0.2, -0.15) is 0 Å². The van der Waals surface area contributed by atoms with Gasteiger partial charge in [0.05, 0.1) is 5.69 Å². The Morgan fingerprint density at radius 3 is 2.59 bits per heavy atom. The monoisotopic (exact) mass is 237 g/mol. The molecule has 17 heavy (non-hydrogen) atoms. The van der Waals surface area contributed by atoms with Gasteiger partial charge < -0.3 is 11.1 Å². The molecule has 1 saturated heterocycles. The number of halogens is 1. The first-order valence-corrected chi connectivity index (χ1v) is 5.74. The summed E-state index contributed by atoms with van der Waals surface area (Å²) in [6.07, 6.45) is 1.58. The van der Waals surface area contributed by atoms with Crippen LogP contribution < -0.4 is 16.0 Å². The fourth-order valence-electron chi connectivity index (χ4n) is 2.21. The first kappa shape index (κ1) is 11.9. The van der Waals surface area contributed by atoms with Crippen LogP contribution in [0.15, 0.2) is 24.3 Å². The lowest BCUT2D eigenvalue weighted by molar-refractivity contribution is 0.249. The average Bonchev–Trinajstić information content (AvgIpc) is 2.33. The lowest BCUT2D eigenvalue weighted by Crippen LogP contribution is -2.49. The van der Waals surface area contributed by atoms with E-state index in [0.717, 1.165) is 25.9 Å². The van der Waals surface area contributed by atoms with Crippen molar-refractivity contribution in [3.63, 3.8) is 0 Å². The van der Waals surface area contributed by atoms with Crippen molar-refractivity contribution < 1.29 is 9.18 Å². The number of urea groups is 1. The molecule has 1 aliphatic heterocycles. The number of nitrogens with zero attached hydrogens (tertiary/aromatic N) is 1. The Bertz CT molecular complexity index is 404. The molecule has 5 heteroatoms. The summed E-state index contributed by atoms with van der Waals surface area (Å²) in [6, 6.07) is 5.61. The van der Waals surface area contributed by atoms with E-state index in [-0.39, 0.29) is 11.7 Å². The van der Waals surface area contributed by atoms with Gasteiger partial charge in [0.25, 0.3) is 0 Å². The van der Waals surface area contributed by atoms with E-state index in [4.69, 9.17) is 5.73 Å². The number of carbonyl (C=O) groups is 1. The lowest BCUT2D eigenvalue weighted by Gasteiger charge is -2.33. The molecule has 1 aromatic carbocycles. The zero-order valence-corrected chi connectivity index (χ0v) is 9.53. The highest BCUT2D eigenvalue weighted by atomic mass is 19.1. The summed E-state index contributed by atoms with van der Waals surface area (Å²) >= 11 is 0. The fraction of sp³-hybridized carbons (Fsp3) is 0.417. The van der Waals surface area contributed by atoms with E-state index >= 15 is 0 Å². The highest BCUT2D eigenvalue weighted by Crippen LogP contribution is 2.24. The molecule has 0 spiro atoms. The third kappa shape index (κ3) is 2.55. The Hall–Kier alpha value is -1.62. The maximum Gasteiger partial charge on any atom is 0.319 e. The summed E-state index contributed by atoms with van der Waals surface area (Å²) in [6.45, 7) is 1.64. The van der Waals surface area contributed by atoms with Crippen LogP contribution in [0.4, 0.5) is 14.9 Å². The second-order valence-electron chi connectivity index (χ2n) is 4.14. The van der Waals surface area contributed by atoms with Crippen LogP contribution in [0.2, 0.25) is 0 Å². The maximum atomic E-state index is 13.7. The highest BCUT2D eigenvalue weighted by molar-refractivity contribution is 5.91. The number of benzene rings is 1. The molecule has 2 amide bonds. The van der Waals surface area contributed by atoms with E-state index in [9.17, 15) is 9.18 Å². The molecule has 4 nitrogen and oxygen atoms in total. The van der Waals surface area contributed by atoms with Crippen molar-refractivity contribution in [2.24, 2.45) is 5.73 Å². The van der Waals surface area contributed by atoms with E-state index in [0.29, 0.717) is 0 Å². The second kappa shape index (κ2) is 5.14. The molecule has 0 bridgehead atoms. The third-order valence-electron chi connectivity index (χ3n) is 3.02. The van der Waals surface area contributed by atoms with Gasteiger partial charge in [-0.15, -0.1) is 0 Å². The predicted molar refractivity (Wildman–Crippen MR) is 64.4 cm³/mol. The number of amides is 2. The summed E-state index contributed by atoms with van der Waals surface area (Å²) in [7, 11) is 0. The molecule has 1 fully saturated rings. The molecule has 1 aliphatic rings. The molecule has 1 heterocycles. The molecule has 2 rings (SSSR count). The van der Waals surface area contributed by atoms with Crippen molar-refractivity contribution in [1.29, 1.82) is 0 Å². The van der Waals surface area contributed by atoms with Crippen LogP contribution in [0.5, 0.6) is 0 Å². The number of hydrogen-bond acceptors (Lipinski definition) is 2. The largest absolute Gasteiger partial charge is 0.351 e. The first-order valence-electron chi connectivity index (χ1n) is 5.74. The molecule has 0 saturated carbocycles. The Balaban J connectivity index is 2.28. The van der Waals surface area contributed by atoms with E-state index in [1.54, 1.807) is 18.2 Å². The smallest absolute Gasteiger partial charge is 0.319 e. The molecule has 3 N–H and O–H groups in total. The zero-order chi connectivity index (χ0) is 12.3. The molecule has 0 aromatic heterocycles. The van der Waals surface area contributed by atoms with Gasteiger partial charge in [0, 0.05) is 6.04 Å². The summed E-state index contributed by atoms with van der Waals surface area (Å²) in [5.74, 6) is -0.412. The minimum atomic E-state index is -0.595. The number of nitrogens with one attached hydrogen (secondary N) is 1. The quantitative estimate of drug-likeness (QED) is 0.818. The Morgan fingerprint density at radius 1 is 1.35 bits per heavy atom. The maximum absolute atomic E-state index is 13.7. The number of para-hydroxylation sites is 1. The molecular formula is C12H16FN3O. The van der Waals surface area contributed by atoms with Crippen molar-refractivity contribution in [2.75, 3.05) is 18.0 Å². The molecule has 1 aromatic rings. The molecular weight excluding hydrogens is 221 g/mol. The van der Waals surface area contributed by atoms with Crippen LogP contribution in [-0.2, 0) is 0 Å². The molecule has 0 unspecified atom stereocenters. The van der Waals surface area contributed by atoms with Crippen molar-refractivity contribution in [3.8, 4) is 0 Å². The number of primary amides is 1. The average molecular weight is 237 g/mol. The highest BCUT2D eigenvalue weighted by Gasteiger charge is 2.26. The number of piperidine rings is 1. The van der Waals surface area contributed by atoms with Gasteiger partial charge in [-0.25, -0.2) is 9.18 Å². The van der Waals surface area contributed by atoms with Crippen LogP contribution in [-0.4, -0.2) is 25.2 Å². The minimum absolute atomic E-state index is 0.0225. The summed E-state index contributed by atoms with van der Waals surface area (Å²) in [5.41, 5.74) is 5.64. The van der Waals surface area contributed by atoms with Crippen LogP contribution in [0, 0.1) is 5.82 Å². The predicted octanol–water partition coefficient (Wildman–Crippen LogP) is 1.46. The number of carbonyl (C=O) groups excluding carboxylic acids is 1. The van der Waals surface area contributed by atoms with Gasteiger partial charge in [-0.1, -0.05) is 12.1 Å². The third-order valence-corrected chi connectivity index (χ3v) is 3.02. The minimum Gasteiger partial charge on any atom is -0.351 e. The first-order chi connectivity index (χ1) is 8.20. The Kier molecular flexibility index (Phi) is 3.58. The normalized spacial score (nSPS) is 16.8. The van der Waals surface area contributed by atoms with Gasteiger partial charge in [0.15, 0.2) is 0 Å². The molecule has 92 valence electrons. The van der Waals surface area contributed by atoms with Crippen LogP contribution in [0.25, 0.3) is 0 Å². The SMILES string of the molecule is NC(=O)N(c1ccccc1F)C1CCNCC1. The summed E-state index contributed by atoms with van der Waals surface area (Å²) in [5, 5.41) is 3.20. The van der Waals surface area contributed by atoms with Gasteiger partial charge in [-0.3, -0.25) is 4.90 Å².